The fourth-order valence-electron chi connectivity index (χ4n) is 1.94. The summed E-state index contributed by atoms with van der Waals surface area (Å²) in [5.41, 5.74) is 6.98. The number of hydrogen-bond acceptors (Lipinski definition) is 3. The number of ether oxygens (including phenoxy) is 1. The van der Waals surface area contributed by atoms with Crippen LogP contribution in [-0.2, 0) is 6.42 Å². The van der Waals surface area contributed by atoms with Crippen molar-refractivity contribution < 1.29 is 4.74 Å². The Hall–Kier alpha value is -1.06. The zero-order chi connectivity index (χ0) is 13.4. The van der Waals surface area contributed by atoms with Crippen LogP contribution in [0.3, 0.4) is 0 Å². The standard InChI is InChI=1S/C15H26N2O/c1-4-18-15-7-5-14(6-8-15)9-10-17(3)12-13(2)11-16/h5-8,13H,4,9-12,16H2,1-3H3. The molecule has 0 heterocycles. The third kappa shape index (κ3) is 5.52. The second-order valence-electron chi connectivity index (χ2n) is 4.93. The van der Waals surface area contributed by atoms with Gasteiger partial charge in [0.15, 0.2) is 0 Å². The molecular formula is C15H26N2O. The number of rotatable bonds is 8. The first kappa shape index (κ1) is 15.0. The van der Waals surface area contributed by atoms with Gasteiger partial charge < -0.3 is 15.4 Å². The average molecular weight is 250 g/mol. The van der Waals surface area contributed by atoms with Crippen LogP contribution in [0.25, 0.3) is 0 Å². The number of nitrogens with two attached hydrogens (primary N) is 1. The van der Waals surface area contributed by atoms with Crippen LogP contribution in [0.2, 0.25) is 0 Å². The normalized spacial score (nSPS) is 12.7. The van der Waals surface area contributed by atoms with Gasteiger partial charge in [0.1, 0.15) is 5.75 Å². The summed E-state index contributed by atoms with van der Waals surface area (Å²) in [6, 6.07) is 8.37. The molecule has 1 unspecified atom stereocenters. The highest BCUT2D eigenvalue weighted by molar-refractivity contribution is 5.27. The van der Waals surface area contributed by atoms with Gasteiger partial charge in [-0.3, -0.25) is 0 Å². The Bertz CT molecular complexity index is 324. The van der Waals surface area contributed by atoms with Gasteiger partial charge in [0, 0.05) is 13.1 Å². The molecular weight excluding hydrogens is 224 g/mol. The first-order valence-electron chi connectivity index (χ1n) is 6.76. The summed E-state index contributed by atoms with van der Waals surface area (Å²) in [5.74, 6) is 1.52. The van der Waals surface area contributed by atoms with E-state index in [0.29, 0.717) is 5.92 Å². The summed E-state index contributed by atoms with van der Waals surface area (Å²) in [7, 11) is 2.15. The van der Waals surface area contributed by atoms with Crippen LogP contribution in [0.1, 0.15) is 19.4 Å². The molecule has 0 fully saturated rings. The maximum atomic E-state index is 5.63. The average Bonchev–Trinajstić information content (AvgIpc) is 2.38. The second kappa shape index (κ2) is 8.11. The molecule has 0 saturated heterocycles. The SMILES string of the molecule is CCOc1ccc(CCN(C)CC(C)CN)cc1. The smallest absolute Gasteiger partial charge is 0.119 e. The predicted molar refractivity (Wildman–Crippen MR) is 77.0 cm³/mol. The highest BCUT2D eigenvalue weighted by Gasteiger charge is 2.04. The van der Waals surface area contributed by atoms with Crippen molar-refractivity contribution in [2.75, 3.05) is 33.3 Å². The van der Waals surface area contributed by atoms with Gasteiger partial charge in [-0.1, -0.05) is 19.1 Å². The zero-order valence-corrected chi connectivity index (χ0v) is 11.9. The fraction of sp³-hybridized carbons (Fsp3) is 0.600. The lowest BCUT2D eigenvalue weighted by molar-refractivity contribution is 0.292. The van der Waals surface area contributed by atoms with E-state index < -0.39 is 0 Å². The van der Waals surface area contributed by atoms with Crippen LogP contribution < -0.4 is 10.5 Å². The second-order valence-corrected chi connectivity index (χ2v) is 4.93. The van der Waals surface area contributed by atoms with Gasteiger partial charge in [-0.05, 0) is 50.6 Å². The number of nitrogens with zero attached hydrogens (tertiary/aromatic N) is 1. The first-order chi connectivity index (χ1) is 8.65. The Morgan fingerprint density at radius 2 is 1.94 bits per heavy atom. The van der Waals surface area contributed by atoms with Gasteiger partial charge in [-0.2, -0.15) is 0 Å². The van der Waals surface area contributed by atoms with E-state index in [1.54, 1.807) is 0 Å². The Labute approximate surface area is 111 Å². The largest absolute Gasteiger partial charge is 0.494 e. The van der Waals surface area contributed by atoms with Gasteiger partial charge in [0.25, 0.3) is 0 Å². The molecule has 1 rings (SSSR count). The Kier molecular flexibility index (Phi) is 6.76. The summed E-state index contributed by atoms with van der Waals surface area (Å²) < 4.78 is 5.43. The minimum Gasteiger partial charge on any atom is -0.494 e. The van der Waals surface area contributed by atoms with Crippen molar-refractivity contribution in [1.82, 2.24) is 4.90 Å². The van der Waals surface area contributed by atoms with Gasteiger partial charge in [-0.15, -0.1) is 0 Å². The van der Waals surface area contributed by atoms with Crippen molar-refractivity contribution in [3.63, 3.8) is 0 Å². The minimum absolute atomic E-state index is 0.565. The Balaban J connectivity index is 2.34. The third-order valence-corrected chi connectivity index (χ3v) is 3.04. The lowest BCUT2D eigenvalue weighted by atomic mass is 10.1. The van der Waals surface area contributed by atoms with Crippen LogP contribution in [0.4, 0.5) is 0 Å². The minimum atomic E-state index is 0.565. The summed E-state index contributed by atoms with van der Waals surface area (Å²) >= 11 is 0. The molecule has 0 aliphatic heterocycles. The van der Waals surface area contributed by atoms with Gasteiger partial charge in [-0.25, -0.2) is 0 Å². The molecule has 0 radical (unpaired) electrons. The van der Waals surface area contributed by atoms with Gasteiger partial charge in [0.2, 0.25) is 0 Å². The molecule has 3 nitrogen and oxygen atoms in total. The molecule has 0 aliphatic rings. The quantitative estimate of drug-likeness (QED) is 0.768. The van der Waals surface area contributed by atoms with Crippen molar-refractivity contribution >= 4 is 0 Å². The van der Waals surface area contributed by atoms with E-state index in [1.165, 1.54) is 5.56 Å². The van der Waals surface area contributed by atoms with Crippen LogP contribution >= 0.6 is 0 Å². The number of likely N-dealkylation sites (N-methyl/N-ethyl adjacent to an activating group) is 1. The fourth-order valence-corrected chi connectivity index (χ4v) is 1.94. The van der Waals surface area contributed by atoms with Gasteiger partial charge in [0.05, 0.1) is 6.61 Å². The molecule has 2 N–H and O–H groups in total. The summed E-state index contributed by atoms with van der Waals surface area (Å²) in [6.07, 6.45) is 1.07. The predicted octanol–water partition coefficient (Wildman–Crippen LogP) is 2.15. The number of benzene rings is 1. The van der Waals surface area contributed by atoms with Crippen molar-refractivity contribution in [2.24, 2.45) is 11.7 Å². The Morgan fingerprint density at radius 1 is 1.28 bits per heavy atom. The topological polar surface area (TPSA) is 38.5 Å². The van der Waals surface area contributed by atoms with Crippen molar-refractivity contribution in [3.8, 4) is 5.75 Å². The Morgan fingerprint density at radius 3 is 2.50 bits per heavy atom. The van der Waals surface area contributed by atoms with E-state index >= 15 is 0 Å². The highest BCUT2D eigenvalue weighted by atomic mass is 16.5. The van der Waals surface area contributed by atoms with E-state index in [2.05, 4.69) is 31.0 Å². The molecule has 0 saturated carbocycles. The van der Waals surface area contributed by atoms with Crippen LogP contribution in [0.5, 0.6) is 5.75 Å². The lowest BCUT2D eigenvalue weighted by Crippen LogP contribution is -2.29. The molecule has 1 aromatic rings. The lowest BCUT2D eigenvalue weighted by Gasteiger charge is -2.20. The number of hydrogen-bond donors (Lipinski definition) is 1. The first-order valence-corrected chi connectivity index (χ1v) is 6.76. The molecule has 102 valence electrons. The van der Waals surface area contributed by atoms with E-state index in [4.69, 9.17) is 10.5 Å². The molecule has 0 bridgehead atoms. The maximum Gasteiger partial charge on any atom is 0.119 e. The molecule has 1 atom stereocenters. The van der Waals surface area contributed by atoms with E-state index in [0.717, 1.165) is 38.4 Å². The van der Waals surface area contributed by atoms with E-state index in [-0.39, 0.29) is 0 Å². The molecule has 0 aliphatic carbocycles. The summed E-state index contributed by atoms with van der Waals surface area (Å²) in [4.78, 5) is 2.34. The molecule has 1 aromatic carbocycles. The third-order valence-electron chi connectivity index (χ3n) is 3.04. The zero-order valence-electron chi connectivity index (χ0n) is 11.9. The summed E-state index contributed by atoms with van der Waals surface area (Å²) in [6.45, 7) is 7.80. The van der Waals surface area contributed by atoms with Crippen molar-refractivity contribution in [2.45, 2.75) is 20.3 Å². The maximum absolute atomic E-state index is 5.63. The molecule has 0 aromatic heterocycles. The molecule has 0 spiro atoms. The summed E-state index contributed by atoms with van der Waals surface area (Å²) in [5, 5.41) is 0. The van der Waals surface area contributed by atoms with E-state index in [1.807, 2.05) is 19.1 Å². The van der Waals surface area contributed by atoms with Crippen LogP contribution in [-0.4, -0.2) is 38.2 Å². The monoisotopic (exact) mass is 250 g/mol. The molecule has 0 amide bonds. The van der Waals surface area contributed by atoms with Gasteiger partial charge >= 0.3 is 0 Å². The highest BCUT2D eigenvalue weighted by Crippen LogP contribution is 2.12. The van der Waals surface area contributed by atoms with Crippen molar-refractivity contribution in [3.05, 3.63) is 29.8 Å². The van der Waals surface area contributed by atoms with E-state index in [9.17, 15) is 0 Å². The van der Waals surface area contributed by atoms with Crippen molar-refractivity contribution in [1.29, 1.82) is 0 Å². The van der Waals surface area contributed by atoms with Crippen LogP contribution in [0, 0.1) is 5.92 Å². The molecule has 18 heavy (non-hydrogen) atoms. The van der Waals surface area contributed by atoms with Crippen LogP contribution in [0.15, 0.2) is 24.3 Å². The molecule has 3 heteroatoms.